The van der Waals surface area contributed by atoms with Gasteiger partial charge >= 0.3 is 0 Å². The third-order valence-corrected chi connectivity index (χ3v) is 4.18. The van der Waals surface area contributed by atoms with Gasteiger partial charge in [0.15, 0.2) is 9.84 Å². The Balaban J connectivity index is 2.56. The van der Waals surface area contributed by atoms with Crippen LogP contribution < -0.4 is 5.32 Å². The second-order valence-electron chi connectivity index (χ2n) is 2.95. The van der Waals surface area contributed by atoms with Gasteiger partial charge in [0.25, 0.3) is 0 Å². The molecule has 0 amide bonds. The Labute approximate surface area is 68.1 Å². The molecule has 3 nitrogen and oxygen atoms in total. The molecule has 1 unspecified atom stereocenters. The minimum absolute atomic E-state index is 0.248. The SMILES string of the molecule is CCCS(=O)(=O)C1CCCN1. The van der Waals surface area contributed by atoms with Gasteiger partial charge in [0.2, 0.25) is 0 Å². The van der Waals surface area contributed by atoms with E-state index >= 15 is 0 Å². The van der Waals surface area contributed by atoms with Crippen LogP contribution in [0.2, 0.25) is 0 Å². The average molecular weight is 177 g/mol. The Bertz CT molecular complexity index is 204. The first-order valence-corrected chi connectivity index (χ1v) is 5.83. The molecule has 1 aliphatic rings. The van der Waals surface area contributed by atoms with Crippen LogP contribution in [0.15, 0.2) is 0 Å². The van der Waals surface area contributed by atoms with Gasteiger partial charge < -0.3 is 5.32 Å². The lowest BCUT2D eigenvalue weighted by atomic mass is 10.4. The van der Waals surface area contributed by atoms with Crippen molar-refractivity contribution in [1.82, 2.24) is 5.32 Å². The highest BCUT2D eigenvalue weighted by Crippen LogP contribution is 2.12. The Morgan fingerprint density at radius 3 is 2.73 bits per heavy atom. The molecule has 0 bridgehead atoms. The predicted molar refractivity (Wildman–Crippen MR) is 45.1 cm³/mol. The van der Waals surface area contributed by atoms with Gasteiger partial charge in [0, 0.05) is 0 Å². The fourth-order valence-electron chi connectivity index (χ4n) is 1.39. The maximum absolute atomic E-state index is 11.4. The quantitative estimate of drug-likeness (QED) is 0.683. The standard InChI is InChI=1S/C7H15NO2S/c1-2-6-11(9,10)7-4-3-5-8-7/h7-8H,2-6H2,1H3. The lowest BCUT2D eigenvalue weighted by Gasteiger charge is -2.09. The fourth-order valence-corrected chi connectivity index (χ4v) is 3.14. The van der Waals surface area contributed by atoms with Crippen LogP contribution in [0.1, 0.15) is 26.2 Å². The molecule has 0 aromatic carbocycles. The van der Waals surface area contributed by atoms with Crippen molar-refractivity contribution in [3.8, 4) is 0 Å². The molecule has 1 heterocycles. The topological polar surface area (TPSA) is 46.2 Å². The second-order valence-corrected chi connectivity index (χ2v) is 5.25. The zero-order chi connectivity index (χ0) is 8.32. The van der Waals surface area contributed by atoms with E-state index in [1.54, 1.807) is 0 Å². The zero-order valence-electron chi connectivity index (χ0n) is 6.84. The van der Waals surface area contributed by atoms with Crippen molar-refractivity contribution in [2.75, 3.05) is 12.3 Å². The van der Waals surface area contributed by atoms with E-state index in [1.807, 2.05) is 6.92 Å². The van der Waals surface area contributed by atoms with Crippen molar-refractivity contribution in [2.45, 2.75) is 31.6 Å². The normalized spacial score (nSPS) is 25.7. The zero-order valence-corrected chi connectivity index (χ0v) is 7.65. The summed E-state index contributed by atoms with van der Waals surface area (Å²) in [6.45, 7) is 2.75. The molecule has 0 spiro atoms. The molecule has 0 aliphatic carbocycles. The molecule has 0 radical (unpaired) electrons. The third-order valence-electron chi connectivity index (χ3n) is 1.94. The highest BCUT2D eigenvalue weighted by molar-refractivity contribution is 7.91. The van der Waals surface area contributed by atoms with Gasteiger partial charge in [-0.15, -0.1) is 0 Å². The number of nitrogens with one attached hydrogen (secondary N) is 1. The van der Waals surface area contributed by atoms with E-state index in [-0.39, 0.29) is 5.37 Å². The average Bonchev–Trinajstić information content (AvgIpc) is 2.37. The van der Waals surface area contributed by atoms with E-state index < -0.39 is 9.84 Å². The summed E-state index contributed by atoms with van der Waals surface area (Å²) in [6.07, 6.45) is 2.51. The lowest BCUT2D eigenvalue weighted by Crippen LogP contribution is -2.32. The molecular formula is C7H15NO2S. The van der Waals surface area contributed by atoms with Gasteiger partial charge in [-0.3, -0.25) is 0 Å². The molecule has 0 aromatic heterocycles. The highest BCUT2D eigenvalue weighted by Gasteiger charge is 2.26. The molecule has 0 saturated carbocycles. The molecule has 1 rings (SSSR count). The minimum Gasteiger partial charge on any atom is -0.301 e. The van der Waals surface area contributed by atoms with E-state index in [9.17, 15) is 8.42 Å². The van der Waals surface area contributed by atoms with E-state index in [2.05, 4.69) is 5.32 Å². The van der Waals surface area contributed by atoms with Crippen molar-refractivity contribution in [1.29, 1.82) is 0 Å². The Morgan fingerprint density at radius 2 is 2.27 bits per heavy atom. The largest absolute Gasteiger partial charge is 0.301 e. The number of hydrogen-bond donors (Lipinski definition) is 1. The summed E-state index contributed by atoms with van der Waals surface area (Å²) in [4.78, 5) is 0. The van der Waals surface area contributed by atoms with Gasteiger partial charge in [0.1, 0.15) is 5.37 Å². The molecule has 1 saturated heterocycles. The van der Waals surface area contributed by atoms with E-state index in [1.165, 1.54) is 0 Å². The van der Waals surface area contributed by atoms with Gasteiger partial charge in [-0.2, -0.15) is 0 Å². The van der Waals surface area contributed by atoms with Crippen molar-refractivity contribution < 1.29 is 8.42 Å². The molecule has 4 heteroatoms. The number of rotatable bonds is 3. The molecule has 66 valence electrons. The smallest absolute Gasteiger partial charge is 0.166 e. The van der Waals surface area contributed by atoms with E-state index in [4.69, 9.17) is 0 Å². The van der Waals surface area contributed by atoms with Crippen LogP contribution in [0, 0.1) is 0 Å². The van der Waals surface area contributed by atoms with Crippen molar-refractivity contribution >= 4 is 9.84 Å². The summed E-state index contributed by atoms with van der Waals surface area (Å²) in [5.41, 5.74) is 0. The monoisotopic (exact) mass is 177 g/mol. The highest BCUT2D eigenvalue weighted by atomic mass is 32.2. The molecule has 11 heavy (non-hydrogen) atoms. The molecule has 1 aliphatic heterocycles. The van der Waals surface area contributed by atoms with Crippen LogP contribution in [0.25, 0.3) is 0 Å². The first kappa shape index (κ1) is 9.00. The summed E-state index contributed by atoms with van der Waals surface area (Å²) in [7, 11) is -2.82. The predicted octanol–water partition coefficient (Wildman–Crippen LogP) is 0.521. The summed E-state index contributed by atoms with van der Waals surface area (Å²) in [5.74, 6) is 0.324. The molecular weight excluding hydrogens is 162 g/mol. The van der Waals surface area contributed by atoms with Crippen molar-refractivity contribution in [3.05, 3.63) is 0 Å². The lowest BCUT2D eigenvalue weighted by molar-refractivity contribution is 0.570. The van der Waals surface area contributed by atoms with Crippen molar-refractivity contribution in [3.63, 3.8) is 0 Å². The molecule has 0 aromatic rings. The first-order valence-electron chi connectivity index (χ1n) is 4.12. The minimum atomic E-state index is -2.82. The first-order chi connectivity index (χ1) is 5.17. The van der Waals surface area contributed by atoms with Gasteiger partial charge in [-0.25, -0.2) is 8.42 Å². The van der Waals surface area contributed by atoms with Crippen LogP contribution in [-0.2, 0) is 9.84 Å². The maximum Gasteiger partial charge on any atom is 0.166 e. The number of hydrogen-bond acceptors (Lipinski definition) is 3. The van der Waals surface area contributed by atoms with Crippen LogP contribution in [0.3, 0.4) is 0 Å². The molecule has 1 N–H and O–H groups in total. The van der Waals surface area contributed by atoms with Crippen LogP contribution in [0.4, 0.5) is 0 Å². The summed E-state index contributed by atoms with van der Waals surface area (Å²) >= 11 is 0. The van der Waals surface area contributed by atoms with E-state index in [0.29, 0.717) is 5.75 Å². The van der Waals surface area contributed by atoms with Gasteiger partial charge in [-0.05, 0) is 25.8 Å². The van der Waals surface area contributed by atoms with Gasteiger partial charge in [0.05, 0.1) is 5.75 Å². The maximum atomic E-state index is 11.4. The van der Waals surface area contributed by atoms with Gasteiger partial charge in [-0.1, -0.05) is 6.92 Å². The summed E-state index contributed by atoms with van der Waals surface area (Å²) in [6, 6.07) is 0. The third kappa shape index (κ3) is 2.17. The Morgan fingerprint density at radius 1 is 1.55 bits per heavy atom. The van der Waals surface area contributed by atoms with Crippen LogP contribution in [0.5, 0.6) is 0 Å². The van der Waals surface area contributed by atoms with Crippen LogP contribution >= 0.6 is 0 Å². The second kappa shape index (κ2) is 3.54. The summed E-state index contributed by atoms with van der Waals surface area (Å²) in [5, 5.41) is 2.75. The fraction of sp³-hybridized carbons (Fsp3) is 1.00. The summed E-state index contributed by atoms with van der Waals surface area (Å²) < 4.78 is 22.7. The molecule has 1 fully saturated rings. The Kier molecular flexibility index (Phi) is 2.90. The van der Waals surface area contributed by atoms with Crippen molar-refractivity contribution in [2.24, 2.45) is 0 Å². The Hall–Kier alpha value is -0.0900. The van der Waals surface area contributed by atoms with E-state index in [0.717, 1.165) is 25.8 Å². The van der Waals surface area contributed by atoms with Crippen LogP contribution in [-0.4, -0.2) is 26.1 Å². The number of sulfone groups is 1. The molecule has 1 atom stereocenters.